The SMILES string of the molecule is Cc1ccc(Cl)cc1S(=O)(=O)N1CC(c2nc(-c3cnccn3)no2)C1. The highest BCUT2D eigenvalue weighted by Gasteiger charge is 2.41. The smallest absolute Gasteiger partial charge is 0.243 e. The van der Waals surface area contributed by atoms with E-state index in [-0.39, 0.29) is 23.9 Å². The molecule has 0 saturated carbocycles. The van der Waals surface area contributed by atoms with E-state index >= 15 is 0 Å². The molecule has 0 bridgehead atoms. The molecule has 3 aromatic rings. The second-order valence-corrected chi connectivity index (χ2v) is 8.32. The van der Waals surface area contributed by atoms with Crippen molar-refractivity contribution in [3.8, 4) is 11.5 Å². The van der Waals surface area contributed by atoms with Gasteiger partial charge < -0.3 is 4.52 Å². The summed E-state index contributed by atoms with van der Waals surface area (Å²) in [5, 5.41) is 4.27. The molecule has 1 aromatic carbocycles. The van der Waals surface area contributed by atoms with Crippen molar-refractivity contribution in [3.05, 3.63) is 53.3 Å². The monoisotopic (exact) mass is 391 g/mol. The maximum atomic E-state index is 12.8. The van der Waals surface area contributed by atoms with Gasteiger partial charge in [0.1, 0.15) is 5.69 Å². The third-order valence-electron chi connectivity index (χ3n) is 4.20. The quantitative estimate of drug-likeness (QED) is 0.672. The Morgan fingerprint density at radius 3 is 2.81 bits per heavy atom. The Bertz CT molecular complexity index is 1050. The largest absolute Gasteiger partial charge is 0.339 e. The number of halogens is 1. The highest BCUT2D eigenvalue weighted by molar-refractivity contribution is 7.89. The van der Waals surface area contributed by atoms with Gasteiger partial charge >= 0.3 is 0 Å². The summed E-state index contributed by atoms with van der Waals surface area (Å²) in [7, 11) is -3.60. The van der Waals surface area contributed by atoms with E-state index in [2.05, 4.69) is 20.1 Å². The fourth-order valence-corrected chi connectivity index (χ4v) is 4.72. The molecule has 1 fully saturated rings. The van der Waals surface area contributed by atoms with E-state index in [4.69, 9.17) is 16.1 Å². The highest BCUT2D eigenvalue weighted by atomic mass is 35.5. The van der Waals surface area contributed by atoms with Crippen molar-refractivity contribution in [1.29, 1.82) is 0 Å². The van der Waals surface area contributed by atoms with E-state index in [0.717, 1.165) is 0 Å². The number of benzene rings is 1. The first-order chi connectivity index (χ1) is 12.4. The zero-order chi connectivity index (χ0) is 18.3. The lowest BCUT2D eigenvalue weighted by atomic mass is 10.0. The molecule has 4 rings (SSSR count). The fraction of sp³-hybridized carbons (Fsp3) is 0.250. The Balaban J connectivity index is 1.50. The number of hydrogen-bond acceptors (Lipinski definition) is 7. The Hall–Kier alpha value is -2.36. The van der Waals surface area contributed by atoms with Gasteiger partial charge in [-0.15, -0.1) is 0 Å². The van der Waals surface area contributed by atoms with Gasteiger partial charge in [0.15, 0.2) is 0 Å². The zero-order valence-electron chi connectivity index (χ0n) is 13.7. The van der Waals surface area contributed by atoms with Crippen molar-refractivity contribution in [2.75, 3.05) is 13.1 Å². The molecule has 1 saturated heterocycles. The van der Waals surface area contributed by atoms with Crippen LogP contribution in [0.4, 0.5) is 0 Å². The number of aromatic nitrogens is 4. The molecule has 10 heteroatoms. The first-order valence-corrected chi connectivity index (χ1v) is 9.63. The van der Waals surface area contributed by atoms with Gasteiger partial charge in [-0.25, -0.2) is 13.4 Å². The van der Waals surface area contributed by atoms with Gasteiger partial charge in [0.25, 0.3) is 0 Å². The Morgan fingerprint density at radius 2 is 2.08 bits per heavy atom. The van der Waals surface area contributed by atoms with Crippen LogP contribution in [0.25, 0.3) is 11.5 Å². The van der Waals surface area contributed by atoms with E-state index in [1.165, 1.54) is 22.8 Å². The average molecular weight is 392 g/mol. The van der Waals surface area contributed by atoms with Gasteiger partial charge in [0.2, 0.25) is 21.7 Å². The molecule has 0 aliphatic carbocycles. The van der Waals surface area contributed by atoms with E-state index in [0.29, 0.717) is 28.0 Å². The Labute approximate surface area is 154 Å². The van der Waals surface area contributed by atoms with Crippen LogP contribution in [0, 0.1) is 6.92 Å². The summed E-state index contributed by atoms with van der Waals surface area (Å²) in [5.74, 6) is 0.571. The molecular weight excluding hydrogens is 378 g/mol. The first kappa shape index (κ1) is 17.1. The summed E-state index contributed by atoms with van der Waals surface area (Å²) < 4.78 is 32.2. The van der Waals surface area contributed by atoms with Crippen molar-refractivity contribution in [1.82, 2.24) is 24.4 Å². The Kier molecular flexibility index (Phi) is 4.22. The molecule has 0 unspecified atom stereocenters. The number of hydrogen-bond donors (Lipinski definition) is 0. The molecule has 0 radical (unpaired) electrons. The summed E-state index contributed by atoms with van der Waals surface area (Å²) in [6, 6.07) is 4.83. The second-order valence-electron chi connectivity index (χ2n) is 5.98. The topological polar surface area (TPSA) is 102 Å². The van der Waals surface area contributed by atoms with Crippen LogP contribution >= 0.6 is 11.6 Å². The summed E-state index contributed by atoms with van der Waals surface area (Å²) in [6.07, 6.45) is 4.63. The predicted octanol–water partition coefficient (Wildman–Crippen LogP) is 2.28. The molecule has 26 heavy (non-hydrogen) atoms. The van der Waals surface area contributed by atoms with Crippen LogP contribution in [0.1, 0.15) is 17.4 Å². The normalized spacial score (nSPS) is 15.8. The lowest BCUT2D eigenvalue weighted by Crippen LogP contribution is -2.48. The molecule has 8 nitrogen and oxygen atoms in total. The van der Waals surface area contributed by atoms with Gasteiger partial charge in [0.05, 0.1) is 17.0 Å². The molecule has 1 aliphatic rings. The summed E-state index contributed by atoms with van der Waals surface area (Å²) in [4.78, 5) is 12.6. The predicted molar refractivity (Wildman–Crippen MR) is 93.0 cm³/mol. The maximum absolute atomic E-state index is 12.8. The molecule has 0 amide bonds. The minimum Gasteiger partial charge on any atom is -0.339 e. The van der Waals surface area contributed by atoms with Crippen LogP contribution in [-0.4, -0.2) is 45.9 Å². The van der Waals surface area contributed by atoms with Crippen molar-refractivity contribution < 1.29 is 12.9 Å². The molecule has 1 aliphatic heterocycles. The van der Waals surface area contributed by atoms with Gasteiger partial charge in [-0.2, -0.15) is 9.29 Å². The molecule has 3 heterocycles. The summed E-state index contributed by atoms with van der Waals surface area (Å²) in [5.41, 5.74) is 1.15. The molecular formula is C16H14ClN5O3S. The van der Waals surface area contributed by atoms with Crippen LogP contribution in [0.3, 0.4) is 0 Å². The van der Waals surface area contributed by atoms with Crippen LogP contribution in [0.2, 0.25) is 5.02 Å². The minimum atomic E-state index is -3.60. The van der Waals surface area contributed by atoms with Crippen LogP contribution in [-0.2, 0) is 10.0 Å². The van der Waals surface area contributed by atoms with Crippen LogP contribution in [0.15, 0.2) is 46.2 Å². The van der Waals surface area contributed by atoms with Crippen molar-refractivity contribution in [3.63, 3.8) is 0 Å². The van der Waals surface area contributed by atoms with Crippen molar-refractivity contribution in [2.24, 2.45) is 0 Å². The van der Waals surface area contributed by atoms with E-state index < -0.39 is 10.0 Å². The van der Waals surface area contributed by atoms with Crippen molar-refractivity contribution in [2.45, 2.75) is 17.7 Å². The summed E-state index contributed by atoms with van der Waals surface area (Å²) >= 11 is 5.95. The van der Waals surface area contributed by atoms with Crippen LogP contribution < -0.4 is 0 Å². The van der Waals surface area contributed by atoms with Gasteiger partial charge in [-0.05, 0) is 24.6 Å². The van der Waals surface area contributed by atoms with E-state index in [1.807, 2.05) is 0 Å². The fourth-order valence-electron chi connectivity index (χ4n) is 2.70. The van der Waals surface area contributed by atoms with Gasteiger partial charge in [-0.3, -0.25) is 4.98 Å². The molecule has 0 N–H and O–H groups in total. The first-order valence-electron chi connectivity index (χ1n) is 7.81. The standard InChI is InChI=1S/C16H14ClN5O3S/c1-10-2-3-12(17)6-14(10)26(23,24)22-8-11(9-22)16-20-15(21-25-16)13-7-18-4-5-19-13/h2-7,11H,8-9H2,1H3. The molecule has 2 aromatic heterocycles. The lowest BCUT2D eigenvalue weighted by molar-refractivity contribution is 0.216. The average Bonchev–Trinajstić information content (AvgIpc) is 3.06. The molecule has 0 spiro atoms. The lowest BCUT2D eigenvalue weighted by Gasteiger charge is -2.36. The number of aryl methyl sites for hydroxylation is 1. The van der Waals surface area contributed by atoms with Gasteiger partial charge in [0, 0.05) is 30.5 Å². The summed E-state index contributed by atoms with van der Waals surface area (Å²) in [6.45, 7) is 2.29. The third-order valence-corrected chi connectivity index (χ3v) is 6.41. The number of rotatable bonds is 4. The van der Waals surface area contributed by atoms with Crippen molar-refractivity contribution >= 4 is 21.6 Å². The second kappa shape index (κ2) is 6.42. The van der Waals surface area contributed by atoms with Crippen LogP contribution in [0.5, 0.6) is 0 Å². The molecule has 134 valence electrons. The zero-order valence-corrected chi connectivity index (χ0v) is 15.3. The van der Waals surface area contributed by atoms with E-state index in [9.17, 15) is 8.42 Å². The molecule has 0 atom stereocenters. The maximum Gasteiger partial charge on any atom is 0.243 e. The Morgan fingerprint density at radius 1 is 1.27 bits per heavy atom. The van der Waals surface area contributed by atoms with Gasteiger partial charge in [-0.1, -0.05) is 22.8 Å². The highest BCUT2D eigenvalue weighted by Crippen LogP contribution is 2.33. The van der Waals surface area contributed by atoms with E-state index in [1.54, 1.807) is 25.3 Å². The number of nitrogens with zero attached hydrogens (tertiary/aromatic N) is 5. The minimum absolute atomic E-state index is 0.151. The third kappa shape index (κ3) is 2.98. The number of sulfonamides is 1.